The first-order chi connectivity index (χ1) is 10.9. The molecule has 4 N–H and O–H groups in total. The molecule has 8 atom stereocenters. The second kappa shape index (κ2) is 4.57. The van der Waals surface area contributed by atoms with E-state index in [2.05, 4.69) is 20.8 Å². The summed E-state index contributed by atoms with van der Waals surface area (Å²) >= 11 is 0. The lowest BCUT2D eigenvalue weighted by Gasteiger charge is -2.68. The van der Waals surface area contributed by atoms with Gasteiger partial charge in [-0.25, -0.2) is 0 Å². The van der Waals surface area contributed by atoms with Gasteiger partial charge >= 0.3 is 0 Å². The van der Waals surface area contributed by atoms with E-state index in [0.717, 1.165) is 19.3 Å². The molecule has 0 unspecified atom stereocenters. The minimum absolute atomic E-state index is 0.0312. The Kier molecular flexibility index (Phi) is 3.29. The summed E-state index contributed by atoms with van der Waals surface area (Å²) in [5.41, 5.74) is -2.54. The van der Waals surface area contributed by atoms with E-state index in [0.29, 0.717) is 25.7 Å². The highest BCUT2D eigenvalue weighted by molar-refractivity contribution is 5.26. The summed E-state index contributed by atoms with van der Waals surface area (Å²) in [7, 11) is 0. The van der Waals surface area contributed by atoms with E-state index in [9.17, 15) is 20.4 Å². The van der Waals surface area contributed by atoms with Gasteiger partial charge in [-0.2, -0.15) is 0 Å². The highest BCUT2D eigenvalue weighted by Gasteiger charge is 2.76. The number of hydrogen-bond acceptors (Lipinski definition) is 4. The maximum absolute atomic E-state index is 11.7. The Hall–Kier alpha value is -0.160. The lowest BCUT2D eigenvalue weighted by Crippen LogP contribution is -2.70. The largest absolute Gasteiger partial charge is 0.393 e. The van der Waals surface area contributed by atoms with Crippen LogP contribution in [0.15, 0.2) is 0 Å². The van der Waals surface area contributed by atoms with Crippen LogP contribution in [0.2, 0.25) is 0 Å². The van der Waals surface area contributed by atoms with Crippen LogP contribution in [0.25, 0.3) is 0 Å². The van der Waals surface area contributed by atoms with Gasteiger partial charge in [-0.05, 0) is 74.5 Å². The molecule has 2 bridgehead atoms. The van der Waals surface area contributed by atoms with Crippen molar-refractivity contribution < 1.29 is 20.4 Å². The van der Waals surface area contributed by atoms with Gasteiger partial charge in [0.25, 0.3) is 0 Å². The molecule has 0 aromatic rings. The Morgan fingerprint density at radius 2 is 1.50 bits per heavy atom. The molecular weight excluding hydrogens is 304 g/mol. The Bertz CT molecular complexity index is 558. The molecule has 4 saturated carbocycles. The molecule has 0 radical (unpaired) electrons. The first kappa shape index (κ1) is 17.3. The topological polar surface area (TPSA) is 80.9 Å². The molecule has 1 spiro atoms. The van der Waals surface area contributed by atoms with E-state index in [1.165, 1.54) is 0 Å². The predicted molar refractivity (Wildman–Crippen MR) is 91.2 cm³/mol. The second-order valence-electron chi connectivity index (χ2n) is 10.7. The number of rotatable bonds is 0. The van der Waals surface area contributed by atoms with Gasteiger partial charge < -0.3 is 20.4 Å². The third-order valence-corrected chi connectivity index (χ3v) is 9.16. The molecule has 138 valence electrons. The van der Waals surface area contributed by atoms with Crippen molar-refractivity contribution in [2.24, 2.45) is 28.1 Å². The summed E-state index contributed by atoms with van der Waals surface area (Å²) in [4.78, 5) is 0. The summed E-state index contributed by atoms with van der Waals surface area (Å²) in [6, 6.07) is 0. The van der Waals surface area contributed by atoms with Gasteiger partial charge in [0.1, 0.15) is 0 Å². The van der Waals surface area contributed by atoms with Crippen molar-refractivity contribution in [1.29, 1.82) is 0 Å². The molecule has 4 rings (SSSR count). The molecular formula is C20H34O4. The molecule has 4 fully saturated rings. The highest BCUT2D eigenvalue weighted by Crippen LogP contribution is 2.76. The zero-order valence-corrected chi connectivity index (χ0v) is 15.5. The fourth-order valence-corrected chi connectivity index (χ4v) is 7.98. The van der Waals surface area contributed by atoms with Crippen LogP contribution in [0.4, 0.5) is 0 Å². The van der Waals surface area contributed by atoms with Crippen molar-refractivity contribution in [3.05, 3.63) is 0 Å². The Balaban J connectivity index is 1.87. The number of aliphatic hydroxyl groups excluding tert-OH is 2. The molecule has 24 heavy (non-hydrogen) atoms. The lowest BCUT2D eigenvalue weighted by atomic mass is 9.38. The molecule has 0 amide bonds. The molecule has 4 aliphatic carbocycles. The van der Waals surface area contributed by atoms with E-state index in [-0.39, 0.29) is 28.8 Å². The average molecular weight is 338 g/mol. The third kappa shape index (κ3) is 1.79. The number of aliphatic hydroxyl groups is 4. The van der Waals surface area contributed by atoms with Crippen LogP contribution in [0.1, 0.15) is 72.6 Å². The molecule has 0 heterocycles. The quantitative estimate of drug-likeness (QED) is 0.546. The van der Waals surface area contributed by atoms with Gasteiger partial charge in [0.15, 0.2) is 0 Å². The van der Waals surface area contributed by atoms with Crippen LogP contribution in [0.3, 0.4) is 0 Å². The van der Waals surface area contributed by atoms with Crippen LogP contribution in [0, 0.1) is 28.1 Å². The number of hydrogen-bond donors (Lipinski definition) is 4. The Labute approximate surface area is 145 Å². The van der Waals surface area contributed by atoms with Gasteiger partial charge in [-0.1, -0.05) is 20.8 Å². The standard InChI is InChI=1S/C20H34O4/c1-16(2)10-13(21)11-17(3)14(16)7-15(22)20(24)9-12-8-19(17,20)6-5-18(12,4)23/h12-15,21-24H,5-11H2,1-4H3/t12-,13+,14+,15+,17+,18+,19+,20+/m1/s1. The lowest BCUT2D eigenvalue weighted by molar-refractivity contribution is -0.279. The maximum atomic E-state index is 11.7. The monoisotopic (exact) mass is 338 g/mol. The van der Waals surface area contributed by atoms with Crippen molar-refractivity contribution in [2.75, 3.05) is 0 Å². The van der Waals surface area contributed by atoms with Gasteiger partial charge in [0.05, 0.1) is 23.4 Å². The van der Waals surface area contributed by atoms with Gasteiger partial charge in [0, 0.05) is 5.41 Å². The third-order valence-electron chi connectivity index (χ3n) is 9.16. The SMILES string of the molecule is CC1(C)C[C@H](O)C[C@@]2(C)[C@H]1C[C@H](O)[C@@]1(O)C[C@H]3C[C@@]21CC[C@]3(C)O. The van der Waals surface area contributed by atoms with E-state index in [4.69, 9.17) is 0 Å². The smallest absolute Gasteiger partial charge is 0.0970 e. The van der Waals surface area contributed by atoms with Gasteiger partial charge in [-0.3, -0.25) is 0 Å². The van der Waals surface area contributed by atoms with Crippen LogP contribution in [-0.4, -0.2) is 43.8 Å². The number of fused-ring (bicyclic) bond motifs is 2. The van der Waals surface area contributed by atoms with Crippen molar-refractivity contribution in [2.45, 2.75) is 96.1 Å². The van der Waals surface area contributed by atoms with Crippen LogP contribution < -0.4 is 0 Å². The predicted octanol–water partition coefficient (Wildman–Crippen LogP) is 2.23. The Morgan fingerprint density at radius 1 is 0.833 bits per heavy atom. The normalized spacial score (nSPS) is 62.0. The van der Waals surface area contributed by atoms with Crippen LogP contribution >= 0.6 is 0 Å². The minimum atomic E-state index is -1.13. The zero-order valence-electron chi connectivity index (χ0n) is 15.5. The van der Waals surface area contributed by atoms with Crippen LogP contribution in [0.5, 0.6) is 0 Å². The van der Waals surface area contributed by atoms with Crippen molar-refractivity contribution in [1.82, 2.24) is 0 Å². The van der Waals surface area contributed by atoms with Crippen LogP contribution in [-0.2, 0) is 0 Å². The average Bonchev–Trinajstić information content (AvgIpc) is 2.72. The molecule has 4 heteroatoms. The second-order valence-corrected chi connectivity index (χ2v) is 10.7. The summed E-state index contributed by atoms with van der Waals surface area (Å²) in [6.07, 6.45) is 3.64. The van der Waals surface area contributed by atoms with Gasteiger partial charge in [-0.15, -0.1) is 0 Å². The summed E-state index contributed by atoms with van der Waals surface area (Å²) < 4.78 is 0. The molecule has 0 saturated heterocycles. The summed E-state index contributed by atoms with van der Waals surface area (Å²) in [5.74, 6) is 0.314. The zero-order chi connectivity index (χ0) is 17.8. The van der Waals surface area contributed by atoms with Crippen molar-refractivity contribution in [3.63, 3.8) is 0 Å². The maximum Gasteiger partial charge on any atom is 0.0970 e. The molecule has 0 aromatic carbocycles. The fraction of sp³-hybridized carbons (Fsp3) is 1.00. The first-order valence-electron chi connectivity index (χ1n) is 9.69. The van der Waals surface area contributed by atoms with Crippen molar-refractivity contribution in [3.8, 4) is 0 Å². The summed E-state index contributed by atoms with van der Waals surface area (Å²) in [6.45, 7) is 8.55. The first-order valence-corrected chi connectivity index (χ1v) is 9.69. The molecule has 0 aromatic heterocycles. The molecule has 0 aliphatic heterocycles. The van der Waals surface area contributed by atoms with E-state index in [1.807, 2.05) is 6.92 Å². The van der Waals surface area contributed by atoms with E-state index in [1.54, 1.807) is 0 Å². The molecule has 4 nitrogen and oxygen atoms in total. The van der Waals surface area contributed by atoms with Crippen molar-refractivity contribution >= 4 is 0 Å². The molecule has 4 aliphatic rings. The van der Waals surface area contributed by atoms with E-state index < -0.39 is 22.7 Å². The fourth-order valence-electron chi connectivity index (χ4n) is 7.98. The Morgan fingerprint density at radius 3 is 2.17 bits per heavy atom. The minimum Gasteiger partial charge on any atom is -0.393 e. The summed E-state index contributed by atoms with van der Waals surface area (Å²) in [5, 5.41) is 44.1. The van der Waals surface area contributed by atoms with E-state index >= 15 is 0 Å². The van der Waals surface area contributed by atoms with Gasteiger partial charge in [0.2, 0.25) is 0 Å². The highest BCUT2D eigenvalue weighted by atomic mass is 16.3.